The number of aliphatic hydroxyl groups is 2. The molecule has 0 saturated carbocycles. The number of aryl methyl sites for hydroxylation is 1. The molecule has 4 aromatic carbocycles. The highest BCUT2D eigenvalue weighted by atomic mass is 16.5. The Morgan fingerprint density at radius 1 is 0.757 bits per heavy atom. The van der Waals surface area contributed by atoms with Crippen molar-refractivity contribution in [2.45, 2.75) is 120 Å². The van der Waals surface area contributed by atoms with Crippen molar-refractivity contribution >= 4 is 41.4 Å². The lowest BCUT2D eigenvalue weighted by Crippen LogP contribution is -2.60. The molecule has 4 aromatic rings. The normalized spacial score (nSPS) is 23.8. The number of nitrogens with zero attached hydrogens (tertiary/aromatic N) is 2. The van der Waals surface area contributed by atoms with Gasteiger partial charge < -0.3 is 62.2 Å². The van der Waals surface area contributed by atoms with Crippen molar-refractivity contribution in [3.05, 3.63) is 108 Å². The number of carbonyl (C=O) groups excluding carboxylic acids is 7. The highest BCUT2D eigenvalue weighted by Gasteiger charge is 2.44. The molecule has 10 N–H and O–H groups in total. The lowest BCUT2D eigenvalue weighted by molar-refractivity contribution is -0.144. The molecule has 0 aliphatic carbocycles. The van der Waals surface area contributed by atoms with E-state index >= 15 is 0 Å². The number of hydrogen-bond donors (Lipinski definition) is 9. The Balaban J connectivity index is 1.08. The number of amides is 7. The lowest BCUT2D eigenvalue weighted by Gasteiger charge is -2.31. The third kappa shape index (κ3) is 14.2. The minimum Gasteiger partial charge on any atom is -0.508 e. The molecule has 19 nitrogen and oxygen atoms in total. The van der Waals surface area contributed by atoms with E-state index in [9.17, 15) is 48.9 Å². The van der Waals surface area contributed by atoms with Crippen LogP contribution in [0.15, 0.2) is 97.1 Å². The van der Waals surface area contributed by atoms with Crippen LogP contribution in [-0.2, 0) is 35.2 Å². The van der Waals surface area contributed by atoms with E-state index in [-0.39, 0.29) is 69.5 Å². The smallest absolute Gasteiger partial charge is 0.251 e. The van der Waals surface area contributed by atoms with Crippen LogP contribution >= 0.6 is 0 Å². The number of phenols is 1. The topological polar surface area (TPSA) is 282 Å². The Bertz CT molecular complexity index is 2600. The highest BCUT2D eigenvalue weighted by molar-refractivity contribution is 6.00. The lowest BCUT2D eigenvalue weighted by atomic mass is 9.99. The van der Waals surface area contributed by atoms with Crippen LogP contribution in [0, 0.1) is 0 Å². The van der Waals surface area contributed by atoms with Gasteiger partial charge in [-0.2, -0.15) is 0 Å². The molecule has 19 heteroatoms. The largest absolute Gasteiger partial charge is 0.508 e. The summed E-state index contributed by atoms with van der Waals surface area (Å²) in [7, 11) is 0. The van der Waals surface area contributed by atoms with E-state index < -0.39 is 96.4 Å². The molecule has 3 saturated heterocycles. The van der Waals surface area contributed by atoms with Crippen molar-refractivity contribution in [1.82, 2.24) is 36.4 Å². The summed E-state index contributed by atoms with van der Waals surface area (Å²) in [4.78, 5) is 99.9. The van der Waals surface area contributed by atoms with Crippen LogP contribution in [0.2, 0.25) is 0 Å². The second kappa shape index (κ2) is 25.5. The average Bonchev–Trinajstić information content (AvgIpc) is 4.00. The zero-order valence-corrected chi connectivity index (χ0v) is 41.8. The summed E-state index contributed by atoms with van der Waals surface area (Å²) in [5.41, 5.74) is 11.0. The first kappa shape index (κ1) is 54.4. The molecule has 7 amide bonds. The predicted octanol–water partition coefficient (Wildman–Crippen LogP) is 2.29. The van der Waals surface area contributed by atoms with Crippen molar-refractivity contribution in [2.24, 2.45) is 5.73 Å². The first-order valence-corrected chi connectivity index (χ1v) is 25.5. The summed E-state index contributed by atoms with van der Waals surface area (Å²) in [6, 6.07) is 22.0. The molecule has 0 radical (unpaired) electrons. The molecule has 3 aliphatic heterocycles. The van der Waals surface area contributed by atoms with Crippen molar-refractivity contribution in [3.8, 4) is 33.8 Å². The molecular weight excluding hydrogens is 949 g/mol. The number of carbonyl (C=O) groups is 7. The number of unbranched alkanes of at least 4 members (excludes halogenated alkanes) is 2. The summed E-state index contributed by atoms with van der Waals surface area (Å²) < 4.78 is 5.86. The molecule has 0 spiro atoms. The fourth-order valence-electron chi connectivity index (χ4n) is 9.52. The van der Waals surface area contributed by atoms with Gasteiger partial charge in [0.2, 0.25) is 35.4 Å². The van der Waals surface area contributed by atoms with E-state index in [0.29, 0.717) is 6.61 Å². The second-order valence-electron chi connectivity index (χ2n) is 19.4. The van der Waals surface area contributed by atoms with Crippen LogP contribution in [0.25, 0.3) is 22.3 Å². The van der Waals surface area contributed by atoms with E-state index in [1.54, 1.807) is 36.4 Å². The van der Waals surface area contributed by atoms with Crippen molar-refractivity contribution in [1.29, 1.82) is 0 Å². The van der Waals surface area contributed by atoms with Gasteiger partial charge in [-0.1, -0.05) is 80.4 Å². The maximum atomic E-state index is 14.3. The molecule has 8 atom stereocenters. The number of benzene rings is 4. The summed E-state index contributed by atoms with van der Waals surface area (Å²) in [5.74, 6) is -4.14. The third-order valence-electron chi connectivity index (χ3n) is 13.7. The second-order valence-corrected chi connectivity index (χ2v) is 19.4. The van der Waals surface area contributed by atoms with Gasteiger partial charge in [0.05, 0.1) is 25.4 Å². The quantitative estimate of drug-likeness (QED) is 0.0873. The number of aliphatic hydroxyl groups excluding tert-OH is 2. The number of rotatable bonds is 13. The standard InChI is InChI=1S/C55H68N8O11/c1-3-4-5-27-74-43-23-19-38(20-24-43)36-13-11-35(12-14-36)37-15-17-39(18-16-37)50(68)59-44-7-6-26-57-53(71)46-28-40(56)31-62(46)48(67)30-58-51(69)45(25-10-34-8-21-41(65)22-9-34)60-54(72)47-29-42(66)32-63(47)55(73)49(33(2)64)61-52(44)70/h8-9,11-24,33,40,42,44-47,49,64-66H,3-7,10,25-32,56H2,1-2H3,(H,57,71)(H,58,69)(H,59,68)(H,60,72)(H,61,70)/t33-,40?,42-,44?,45?,46?,47?,49?/m1/s1. The monoisotopic (exact) mass is 1020 g/mol. The van der Waals surface area contributed by atoms with Gasteiger partial charge in [-0.3, -0.25) is 33.6 Å². The molecule has 3 heterocycles. The fraction of sp³-hybridized carbons (Fsp3) is 0.436. The van der Waals surface area contributed by atoms with Crippen LogP contribution < -0.4 is 37.1 Å². The van der Waals surface area contributed by atoms with Gasteiger partial charge >= 0.3 is 0 Å². The summed E-state index contributed by atoms with van der Waals surface area (Å²) in [6.45, 7) is 3.30. The molecular formula is C55H68N8O11. The molecule has 3 aliphatic rings. The van der Waals surface area contributed by atoms with Crippen LogP contribution in [0.4, 0.5) is 0 Å². The van der Waals surface area contributed by atoms with E-state index in [2.05, 4.69) is 33.5 Å². The summed E-state index contributed by atoms with van der Waals surface area (Å²) >= 11 is 0. The van der Waals surface area contributed by atoms with Crippen LogP contribution in [-0.4, -0.2) is 148 Å². The highest BCUT2D eigenvalue weighted by Crippen LogP contribution is 2.28. The number of phenolic OH excluding ortho intramolecular Hbond substituents is 1. The zero-order chi connectivity index (χ0) is 52.9. The minimum absolute atomic E-state index is 0.0118. The van der Waals surface area contributed by atoms with Gasteiger partial charge in [0.25, 0.3) is 5.91 Å². The Labute approximate surface area is 430 Å². The number of aromatic hydroxyl groups is 1. The van der Waals surface area contributed by atoms with Crippen molar-refractivity contribution in [2.75, 3.05) is 32.8 Å². The predicted molar refractivity (Wildman–Crippen MR) is 275 cm³/mol. The molecule has 74 heavy (non-hydrogen) atoms. The van der Waals surface area contributed by atoms with Gasteiger partial charge in [-0.05, 0) is 110 Å². The maximum Gasteiger partial charge on any atom is 0.251 e. The number of nitrogens with two attached hydrogens (primary N) is 1. The molecule has 7 rings (SSSR count). The maximum absolute atomic E-state index is 14.3. The third-order valence-corrected chi connectivity index (χ3v) is 13.7. The Morgan fingerprint density at radius 2 is 1.38 bits per heavy atom. The Morgan fingerprint density at radius 3 is 2.01 bits per heavy atom. The number of nitrogens with one attached hydrogen (secondary N) is 5. The molecule has 394 valence electrons. The van der Waals surface area contributed by atoms with E-state index in [1.165, 1.54) is 24.0 Å². The van der Waals surface area contributed by atoms with Gasteiger partial charge in [0, 0.05) is 37.7 Å². The Kier molecular flexibility index (Phi) is 18.8. The molecule has 3 fully saturated rings. The average molecular weight is 1020 g/mol. The molecule has 6 unspecified atom stereocenters. The van der Waals surface area contributed by atoms with Crippen molar-refractivity contribution in [3.63, 3.8) is 0 Å². The zero-order valence-electron chi connectivity index (χ0n) is 41.8. The SMILES string of the molecule is CCCCCOc1ccc(-c2ccc(-c3ccc(C(=O)NC4CCCNC(=O)C5CC(N)CN5C(=O)CNC(=O)C(CCc5ccc(O)cc5)NC(=O)C5C[C@@H](O)CN5C(=O)C([C@@H](C)O)NC4=O)cc3)cc2)cc1. The van der Waals surface area contributed by atoms with Gasteiger partial charge in [-0.25, -0.2) is 0 Å². The van der Waals surface area contributed by atoms with Crippen molar-refractivity contribution < 1.29 is 53.6 Å². The first-order valence-electron chi connectivity index (χ1n) is 25.5. The van der Waals surface area contributed by atoms with Crippen LogP contribution in [0.5, 0.6) is 11.5 Å². The number of ether oxygens (including phenoxy) is 1. The Hall–Kier alpha value is -7.35. The number of fused-ring (bicyclic) bond motifs is 2. The first-order chi connectivity index (χ1) is 35.6. The summed E-state index contributed by atoms with van der Waals surface area (Å²) in [6.07, 6.45) is 0.835. The number of hydrogen-bond acceptors (Lipinski definition) is 12. The fourth-order valence-corrected chi connectivity index (χ4v) is 9.52. The minimum atomic E-state index is -1.65. The molecule has 0 aromatic heterocycles. The van der Waals surface area contributed by atoms with E-state index in [0.717, 1.165) is 57.7 Å². The van der Waals surface area contributed by atoms with Crippen LogP contribution in [0.3, 0.4) is 0 Å². The van der Waals surface area contributed by atoms with E-state index in [1.807, 2.05) is 48.5 Å². The van der Waals surface area contributed by atoms with E-state index in [4.69, 9.17) is 10.5 Å². The van der Waals surface area contributed by atoms with Gasteiger partial charge in [-0.15, -0.1) is 0 Å². The summed E-state index contributed by atoms with van der Waals surface area (Å²) in [5, 5.41) is 45.0. The molecule has 0 bridgehead atoms. The van der Waals surface area contributed by atoms with Crippen LogP contribution in [0.1, 0.15) is 81.1 Å². The van der Waals surface area contributed by atoms with Gasteiger partial charge in [0.15, 0.2) is 0 Å². The van der Waals surface area contributed by atoms with Gasteiger partial charge in [0.1, 0.15) is 41.7 Å².